The normalized spacial score (nSPS) is 16.1. The van der Waals surface area contributed by atoms with E-state index in [9.17, 15) is 9.59 Å². The number of amides is 3. The van der Waals surface area contributed by atoms with Crippen LogP contribution in [0.25, 0.3) is 10.9 Å². The third-order valence-corrected chi connectivity index (χ3v) is 4.81. The molecule has 0 aliphatic heterocycles. The first-order valence-electron chi connectivity index (χ1n) is 8.83. The van der Waals surface area contributed by atoms with E-state index >= 15 is 0 Å². The first-order chi connectivity index (χ1) is 12.6. The molecule has 9 heteroatoms. The quantitative estimate of drug-likeness (QED) is 0.667. The van der Waals surface area contributed by atoms with Gasteiger partial charge < -0.3 is 10.1 Å². The van der Waals surface area contributed by atoms with Crippen LogP contribution in [-0.2, 0) is 4.74 Å². The van der Waals surface area contributed by atoms with E-state index in [1.807, 2.05) is 6.92 Å². The highest BCUT2D eigenvalue weighted by Gasteiger charge is 2.21. The van der Waals surface area contributed by atoms with Gasteiger partial charge in [-0.3, -0.25) is 15.7 Å². The molecule has 1 saturated carbocycles. The number of aromatic nitrogens is 3. The second-order valence-corrected chi connectivity index (χ2v) is 6.59. The molecule has 0 spiro atoms. The summed E-state index contributed by atoms with van der Waals surface area (Å²) in [7, 11) is 1.28. The molecule has 0 saturated heterocycles. The van der Waals surface area contributed by atoms with Gasteiger partial charge in [0.05, 0.1) is 18.0 Å². The molecule has 9 nitrogen and oxygen atoms in total. The molecule has 1 atom stereocenters. The molecule has 3 rings (SSSR count). The molecule has 2 aromatic heterocycles. The van der Waals surface area contributed by atoms with Crippen molar-refractivity contribution in [2.45, 2.75) is 45.1 Å². The van der Waals surface area contributed by atoms with Gasteiger partial charge in [0, 0.05) is 18.3 Å². The van der Waals surface area contributed by atoms with Gasteiger partial charge in [0.25, 0.3) is 0 Å². The minimum atomic E-state index is -0.614. The average Bonchev–Trinajstić information content (AvgIpc) is 3.04. The number of ether oxygens (including phenoxy) is 1. The van der Waals surface area contributed by atoms with Crippen LogP contribution < -0.4 is 16.0 Å². The molecule has 0 aromatic carbocycles. The third kappa shape index (κ3) is 4.22. The number of nitrogens with zero attached hydrogens (tertiary/aromatic N) is 2. The fourth-order valence-corrected chi connectivity index (χ4v) is 3.34. The predicted molar refractivity (Wildman–Crippen MR) is 98.1 cm³/mol. The summed E-state index contributed by atoms with van der Waals surface area (Å²) < 4.78 is 4.55. The molecule has 1 aliphatic rings. The molecule has 0 bridgehead atoms. The Labute approximate surface area is 151 Å². The zero-order valence-electron chi connectivity index (χ0n) is 15.0. The van der Waals surface area contributed by atoms with Crippen LogP contribution in [0.15, 0.2) is 12.3 Å². The number of carbonyl (C=O) groups is 2. The smallest absolute Gasteiger partial charge is 0.412 e. The summed E-state index contributed by atoms with van der Waals surface area (Å²) in [6, 6.07) is 1.51. The minimum Gasteiger partial charge on any atom is -0.453 e. The van der Waals surface area contributed by atoms with Crippen molar-refractivity contribution in [2.24, 2.45) is 5.92 Å². The van der Waals surface area contributed by atoms with E-state index in [0.717, 1.165) is 12.8 Å². The van der Waals surface area contributed by atoms with Gasteiger partial charge in [0.2, 0.25) is 0 Å². The van der Waals surface area contributed by atoms with Crippen molar-refractivity contribution in [1.82, 2.24) is 20.5 Å². The summed E-state index contributed by atoms with van der Waals surface area (Å²) in [6.45, 7) is 2.05. The molecule has 0 radical (unpaired) electrons. The van der Waals surface area contributed by atoms with E-state index in [1.165, 1.54) is 32.6 Å². The fourth-order valence-electron chi connectivity index (χ4n) is 3.34. The maximum Gasteiger partial charge on any atom is 0.412 e. The highest BCUT2D eigenvalue weighted by Crippen LogP contribution is 2.26. The monoisotopic (exact) mass is 360 g/mol. The maximum absolute atomic E-state index is 12.2. The Balaban J connectivity index is 1.61. The lowest BCUT2D eigenvalue weighted by molar-refractivity contribution is 0.187. The van der Waals surface area contributed by atoms with Crippen molar-refractivity contribution < 1.29 is 14.3 Å². The summed E-state index contributed by atoms with van der Waals surface area (Å²) in [4.78, 5) is 27.7. The van der Waals surface area contributed by atoms with E-state index in [0.29, 0.717) is 28.5 Å². The van der Waals surface area contributed by atoms with E-state index < -0.39 is 6.09 Å². The Bertz CT molecular complexity index is 784. The van der Waals surface area contributed by atoms with Gasteiger partial charge in [-0.25, -0.2) is 14.6 Å². The Hall–Kier alpha value is -2.84. The van der Waals surface area contributed by atoms with Gasteiger partial charge in [-0.05, 0) is 25.7 Å². The maximum atomic E-state index is 12.2. The highest BCUT2D eigenvalue weighted by molar-refractivity contribution is 5.98. The van der Waals surface area contributed by atoms with Gasteiger partial charge in [-0.1, -0.05) is 19.3 Å². The summed E-state index contributed by atoms with van der Waals surface area (Å²) in [5.74, 6) is 1.25. The summed E-state index contributed by atoms with van der Waals surface area (Å²) in [6.07, 6.45) is 7.00. The molecule has 4 N–H and O–H groups in total. The van der Waals surface area contributed by atoms with Crippen LogP contribution in [0.5, 0.6) is 0 Å². The largest absolute Gasteiger partial charge is 0.453 e. The molecule has 3 amide bonds. The van der Waals surface area contributed by atoms with E-state index in [4.69, 9.17) is 0 Å². The van der Waals surface area contributed by atoms with E-state index in [-0.39, 0.29) is 12.1 Å². The number of nitrogens with one attached hydrogen (secondary N) is 4. The molecule has 140 valence electrons. The molecule has 1 fully saturated rings. The number of hydrogen-bond acceptors (Lipinski definition) is 5. The zero-order chi connectivity index (χ0) is 18.5. The van der Waals surface area contributed by atoms with Gasteiger partial charge in [0.15, 0.2) is 5.82 Å². The van der Waals surface area contributed by atoms with Crippen LogP contribution in [0.2, 0.25) is 0 Å². The number of rotatable bonds is 4. The number of pyridine rings is 1. The van der Waals surface area contributed by atoms with Crippen LogP contribution in [0.4, 0.5) is 21.2 Å². The fraction of sp³-hybridized carbons (Fsp3) is 0.529. The van der Waals surface area contributed by atoms with E-state index in [2.05, 4.69) is 35.9 Å². The van der Waals surface area contributed by atoms with Gasteiger partial charge in [-0.2, -0.15) is 5.10 Å². The number of aromatic amines is 1. The Kier molecular flexibility index (Phi) is 5.55. The summed E-state index contributed by atoms with van der Waals surface area (Å²) in [5.41, 5.74) is 0.641. The number of hydrogen-bond donors (Lipinski definition) is 4. The molecule has 0 unspecified atom stereocenters. The van der Waals surface area contributed by atoms with Crippen LogP contribution in [0, 0.1) is 5.92 Å². The number of H-pyrrole nitrogens is 1. The molecular weight excluding hydrogens is 336 g/mol. The molecule has 1 aliphatic carbocycles. The van der Waals surface area contributed by atoms with Crippen molar-refractivity contribution >= 4 is 34.7 Å². The van der Waals surface area contributed by atoms with Crippen LogP contribution >= 0.6 is 0 Å². The standard InChI is InChI=1S/C17H24N6O3/c1-10(11-6-4-3-5-7-11)19-16(24)20-14-8-13-12(9-18-14)15(23-22-13)21-17(25)26-2/h8-11H,3-7H2,1-2H3,(H2,18,19,20,24)(H2,21,22,23,25)/t10-/m1/s1. The highest BCUT2D eigenvalue weighted by atomic mass is 16.5. The van der Waals surface area contributed by atoms with Gasteiger partial charge >= 0.3 is 12.1 Å². The first kappa shape index (κ1) is 18.0. The lowest BCUT2D eigenvalue weighted by Crippen LogP contribution is -2.41. The Morgan fingerprint density at radius 3 is 2.77 bits per heavy atom. The summed E-state index contributed by atoms with van der Waals surface area (Å²) in [5, 5.41) is 15.7. The number of carbonyl (C=O) groups excluding carboxylic acids is 2. The van der Waals surface area contributed by atoms with Crippen molar-refractivity contribution in [2.75, 3.05) is 17.7 Å². The van der Waals surface area contributed by atoms with E-state index in [1.54, 1.807) is 6.07 Å². The lowest BCUT2D eigenvalue weighted by atomic mass is 9.85. The SMILES string of the molecule is COC(=O)Nc1n[nH]c2cc(NC(=O)N[C@H](C)C3CCCCC3)ncc12. The number of fused-ring (bicyclic) bond motifs is 1. The lowest BCUT2D eigenvalue weighted by Gasteiger charge is -2.28. The zero-order valence-corrected chi connectivity index (χ0v) is 15.0. The molecule has 26 heavy (non-hydrogen) atoms. The van der Waals surface area contributed by atoms with Crippen molar-refractivity contribution in [1.29, 1.82) is 0 Å². The first-order valence-corrected chi connectivity index (χ1v) is 8.83. The Morgan fingerprint density at radius 2 is 2.04 bits per heavy atom. The van der Waals surface area contributed by atoms with Gasteiger partial charge in [0.1, 0.15) is 5.82 Å². The van der Waals surface area contributed by atoms with Crippen molar-refractivity contribution in [3.8, 4) is 0 Å². The number of methoxy groups -OCH3 is 1. The van der Waals surface area contributed by atoms with Crippen molar-refractivity contribution in [3.05, 3.63) is 12.3 Å². The van der Waals surface area contributed by atoms with Crippen molar-refractivity contribution in [3.63, 3.8) is 0 Å². The topological polar surface area (TPSA) is 121 Å². The Morgan fingerprint density at radius 1 is 1.27 bits per heavy atom. The molecule has 2 heterocycles. The van der Waals surface area contributed by atoms with Crippen LogP contribution in [0.1, 0.15) is 39.0 Å². The minimum absolute atomic E-state index is 0.127. The third-order valence-electron chi connectivity index (χ3n) is 4.81. The average molecular weight is 360 g/mol. The van der Waals surface area contributed by atoms with Crippen LogP contribution in [0.3, 0.4) is 0 Å². The molecule has 2 aromatic rings. The summed E-state index contributed by atoms with van der Waals surface area (Å²) >= 11 is 0. The van der Waals surface area contributed by atoms with Gasteiger partial charge in [-0.15, -0.1) is 0 Å². The second kappa shape index (κ2) is 8.03. The molecular formula is C17H24N6O3. The second-order valence-electron chi connectivity index (χ2n) is 6.59. The number of anilines is 2. The number of urea groups is 1. The van der Waals surface area contributed by atoms with Crippen LogP contribution in [-0.4, -0.2) is 40.5 Å². The predicted octanol–water partition coefficient (Wildman–Crippen LogP) is 3.23.